The number of hydrogen-bond donors (Lipinski definition) is 1. The number of ether oxygens (including phenoxy) is 1. The lowest BCUT2D eigenvalue weighted by Gasteiger charge is -2.39. The Morgan fingerprint density at radius 2 is 1.95 bits per heavy atom. The molecule has 5 rings (SSSR count). The van der Waals surface area contributed by atoms with Gasteiger partial charge in [-0.3, -0.25) is 14.5 Å². The maximum absolute atomic E-state index is 13.0. The molecule has 1 N–H and O–H groups in total. The van der Waals surface area contributed by atoms with E-state index in [-0.39, 0.29) is 42.3 Å². The number of anilines is 1. The second-order valence-corrected chi connectivity index (χ2v) is 12.1. The Morgan fingerprint density at radius 1 is 1.20 bits per heavy atom. The molecule has 216 valence electrons. The standard InChI is InChI=1S/C31H42ClN5O3/c1-6-21(4)35(5)31(39)23-16-20(3)33-27(17-23)34-30-29(40-30)26-9-10-28(38)37(26)24-11-13-36(14-12-24)18-22-7-8-25(32)19(2)15-22/h7-8,15-17,21,24,26,29-30H,6,9-14,18H2,1-5H3,(H,33,34)/t21?,26-,29?,30?/m1/s1. The molecule has 0 saturated carbocycles. The first kappa shape index (κ1) is 28.8. The van der Waals surface area contributed by atoms with Crippen LogP contribution in [0, 0.1) is 13.8 Å². The zero-order valence-electron chi connectivity index (χ0n) is 24.3. The van der Waals surface area contributed by atoms with E-state index in [1.807, 2.05) is 46.0 Å². The molecule has 2 aromatic rings. The van der Waals surface area contributed by atoms with Crippen LogP contribution in [0.2, 0.25) is 5.02 Å². The summed E-state index contributed by atoms with van der Waals surface area (Å²) >= 11 is 6.20. The Morgan fingerprint density at radius 3 is 2.65 bits per heavy atom. The van der Waals surface area contributed by atoms with Gasteiger partial charge in [0.2, 0.25) is 5.91 Å². The summed E-state index contributed by atoms with van der Waals surface area (Å²) in [6.45, 7) is 10.9. The van der Waals surface area contributed by atoms with Crippen LogP contribution >= 0.6 is 11.6 Å². The van der Waals surface area contributed by atoms with E-state index < -0.39 is 0 Å². The summed E-state index contributed by atoms with van der Waals surface area (Å²) < 4.78 is 6.08. The van der Waals surface area contributed by atoms with Crippen molar-refractivity contribution in [1.29, 1.82) is 0 Å². The highest BCUT2D eigenvalue weighted by Crippen LogP contribution is 2.38. The molecule has 8 nitrogen and oxygen atoms in total. The third-order valence-electron chi connectivity index (χ3n) is 8.85. The third-order valence-corrected chi connectivity index (χ3v) is 9.27. The molecule has 3 aliphatic heterocycles. The zero-order valence-corrected chi connectivity index (χ0v) is 25.1. The number of benzene rings is 1. The normalized spacial score (nSPS) is 24.3. The Balaban J connectivity index is 1.18. The number of aromatic nitrogens is 1. The fourth-order valence-electron chi connectivity index (χ4n) is 6.16. The molecule has 3 aliphatic rings. The average Bonchev–Trinajstić information content (AvgIpc) is 3.59. The molecule has 3 unspecified atom stereocenters. The van der Waals surface area contributed by atoms with E-state index in [4.69, 9.17) is 16.3 Å². The Labute approximate surface area is 243 Å². The summed E-state index contributed by atoms with van der Waals surface area (Å²) in [7, 11) is 1.84. The van der Waals surface area contributed by atoms with Gasteiger partial charge in [0, 0.05) is 61.5 Å². The molecule has 0 bridgehead atoms. The van der Waals surface area contributed by atoms with Gasteiger partial charge in [0.15, 0.2) is 6.23 Å². The van der Waals surface area contributed by atoms with E-state index in [1.165, 1.54) is 5.56 Å². The molecule has 4 atom stereocenters. The van der Waals surface area contributed by atoms with Crippen molar-refractivity contribution < 1.29 is 14.3 Å². The summed E-state index contributed by atoms with van der Waals surface area (Å²) in [5.74, 6) is 0.858. The fraction of sp³-hybridized carbons (Fsp3) is 0.581. The smallest absolute Gasteiger partial charge is 0.254 e. The summed E-state index contributed by atoms with van der Waals surface area (Å²) in [4.78, 5) is 37.0. The molecule has 1 aromatic heterocycles. The zero-order chi connectivity index (χ0) is 28.6. The second-order valence-electron chi connectivity index (χ2n) is 11.7. The Bertz CT molecular complexity index is 1250. The Hall–Kier alpha value is -2.68. The summed E-state index contributed by atoms with van der Waals surface area (Å²) in [6.07, 6.45) is 3.94. The highest BCUT2D eigenvalue weighted by molar-refractivity contribution is 6.31. The van der Waals surface area contributed by atoms with Crippen molar-refractivity contribution in [2.75, 3.05) is 25.5 Å². The van der Waals surface area contributed by atoms with Gasteiger partial charge in [-0.25, -0.2) is 4.98 Å². The van der Waals surface area contributed by atoms with Gasteiger partial charge in [-0.05, 0) is 75.8 Å². The number of likely N-dealkylation sites (tertiary alicyclic amines) is 2. The molecule has 3 saturated heterocycles. The SMILES string of the molecule is CCC(C)N(C)C(=O)c1cc(C)nc(NC2OC2[C@H]2CCC(=O)N2C2CCN(Cc3ccc(Cl)c(C)c3)CC2)c1. The van der Waals surface area contributed by atoms with Gasteiger partial charge in [-0.15, -0.1) is 0 Å². The predicted octanol–water partition coefficient (Wildman–Crippen LogP) is 5.01. The number of carbonyl (C=O) groups excluding carboxylic acids is 2. The number of epoxide rings is 1. The number of carbonyl (C=O) groups is 2. The number of rotatable bonds is 9. The summed E-state index contributed by atoms with van der Waals surface area (Å²) in [5.41, 5.74) is 3.78. The summed E-state index contributed by atoms with van der Waals surface area (Å²) in [6, 6.07) is 10.4. The van der Waals surface area contributed by atoms with Crippen LogP contribution in [0.3, 0.4) is 0 Å². The number of piperidine rings is 1. The molecule has 0 spiro atoms. The van der Waals surface area contributed by atoms with Crippen molar-refractivity contribution in [3.63, 3.8) is 0 Å². The molecule has 9 heteroatoms. The topological polar surface area (TPSA) is 81.3 Å². The number of aryl methyl sites for hydroxylation is 2. The first-order chi connectivity index (χ1) is 19.1. The number of amides is 2. The van der Waals surface area contributed by atoms with Gasteiger partial charge in [-0.1, -0.05) is 30.7 Å². The number of nitrogens with zero attached hydrogens (tertiary/aromatic N) is 4. The minimum Gasteiger partial charge on any atom is -0.346 e. The van der Waals surface area contributed by atoms with Gasteiger partial charge in [0.25, 0.3) is 5.91 Å². The maximum atomic E-state index is 13.0. The first-order valence-electron chi connectivity index (χ1n) is 14.6. The number of hydrogen-bond acceptors (Lipinski definition) is 6. The molecule has 4 heterocycles. The van der Waals surface area contributed by atoms with E-state index in [9.17, 15) is 9.59 Å². The van der Waals surface area contributed by atoms with Crippen LogP contribution in [0.5, 0.6) is 0 Å². The van der Waals surface area contributed by atoms with Crippen LogP contribution < -0.4 is 5.32 Å². The lowest BCUT2D eigenvalue weighted by molar-refractivity contribution is -0.132. The van der Waals surface area contributed by atoms with Gasteiger partial charge < -0.3 is 19.9 Å². The quantitative estimate of drug-likeness (QED) is 0.429. The van der Waals surface area contributed by atoms with Crippen LogP contribution in [0.4, 0.5) is 5.82 Å². The third kappa shape index (κ3) is 6.29. The average molecular weight is 568 g/mol. The summed E-state index contributed by atoms with van der Waals surface area (Å²) in [5, 5.41) is 4.19. The van der Waals surface area contributed by atoms with Gasteiger partial charge in [0.1, 0.15) is 11.9 Å². The molecule has 2 amide bonds. The molecular weight excluding hydrogens is 526 g/mol. The van der Waals surface area contributed by atoms with Crippen molar-refractivity contribution in [3.05, 3.63) is 57.7 Å². The van der Waals surface area contributed by atoms with E-state index >= 15 is 0 Å². The van der Waals surface area contributed by atoms with Crippen molar-refractivity contribution in [2.24, 2.45) is 0 Å². The van der Waals surface area contributed by atoms with Crippen molar-refractivity contribution in [3.8, 4) is 0 Å². The molecule has 3 fully saturated rings. The van der Waals surface area contributed by atoms with Crippen LogP contribution in [-0.4, -0.2) is 82.1 Å². The van der Waals surface area contributed by atoms with Crippen LogP contribution in [-0.2, 0) is 16.1 Å². The van der Waals surface area contributed by atoms with Crippen molar-refractivity contribution in [2.45, 2.75) is 96.8 Å². The maximum Gasteiger partial charge on any atom is 0.254 e. The highest BCUT2D eigenvalue weighted by Gasteiger charge is 2.52. The van der Waals surface area contributed by atoms with Crippen LogP contribution in [0.25, 0.3) is 0 Å². The Kier molecular flexibility index (Phi) is 8.69. The molecular formula is C31H42ClN5O3. The molecule has 0 aliphatic carbocycles. The number of pyridine rings is 1. The van der Waals surface area contributed by atoms with Gasteiger partial charge in [0.05, 0.1) is 6.04 Å². The minimum absolute atomic E-state index is 0.0127. The van der Waals surface area contributed by atoms with E-state index in [0.29, 0.717) is 17.8 Å². The number of nitrogens with one attached hydrogen (secondary N) is 1. The van der Waals surface area contributed by atoms with E-state index in [2.05, 4.69) is 39.2 Å². The van der Waals surface area contributed by atoms with E-state index in [0.717, 1.165) is 61.6 Å². The van der Waals surface area contributed by atoms with Crippen molar-refractivity contribution >= 4 is 29.2 Å². The lowest BCUT2D eigenvalue weighted by Crippen LogP contribution is -2.50. The van der Waals surface area contributed by atoms with Gasteiger partial charge in [-0.2, -0.15) is 0 Å². The highest BCUT2D eigenvalue weighted by atomic mass is 35.5. The van der Waals surface area contributed by atoms with Crippen molar-refractivity contribution in [1.82, 2.24) is 19.7 Å². The predicted molar refractivity (Wildman–Crippen MR) is 157 cm³/mol. The van der Waals surface area contributed by atoms with E-state index in [1.54, 1.807) is 4.90 Å². The van der Waals surface area contributed by atoms with Gasteiger partial charge >= 0.3 is 0 Å². The molecule has 40 heavy (non-hydrogen) atoms. The fourth-order valence-corrected chi connectivity index (χ4v) is 6.28. The first-order valence-corrected chi connectivity index (χ1v) is 15.0. The lowest BCUT2D eigenvalue weighted by atomic mass is 10.00. The number of halogens is 1. The van der Waals surface area contributed by atoms with Crippen LogP contribution in [0.1, 0.15) is 73.1 Å². The van der Waals surface area contributed by atoms with Crippen LogP contribution in [0.15, 0.2) is 30.3 Å². The minimum atomic E-state index is -0.212. The molecule has 1 aromatic carbocycles. The monoisotopic (exact) mass is 567 g/mol. The largest absolute Gasteiger partial charge is 0.346 e. The molecule has 0 radical (unpaired) electrons. The second kappa shape index (κ2) is 12.0.